The van der Waals surface area contributed by atoms with Crippen LogP contribution >= 0.6 is 15.9 Å². The molecule has 0 unspecified atom stereocenters. The van der Waals surface area contributed by atoms with Crippen molar-refractivity contribution in [3.63, 3.8) is 0 Å². The van der Waals surface area contributed by atoms with Gasteiger partial charge in [0.2, 0.25) is 0 Å². The highest BCUT2D eigenvalue weighted by Gasteiger charge is 2.30. The molecule has 0 N–H and O–H groups in total. The summed E-state index contributed by atoms with van der Waals surface area (Å²) >= 11 is 2.16. The lowest BCUT2D eigenvalue weighted by Crippen LogP contribution is -2.24. The number of ether oxygens (including phenoxy) is 1. The maximum absolute atomic E-state index is 12.2. The first-order valence-corrected chi connectivity index (χ1v) is 4.62. The van der Waals surface area contributed by atoms with E-state index in [2.05, 4.69) is 20.7 Å². The van der Waals surface area contributed by atoms with Crippen LogP contribution < -0.4 is 0 Å². The maximum Gasteiger partial charge on any atom is 0.414 e. The minimum Gasteiger partial charge on any atom is -0.308 e. The molecule has 0 atom stereocenters. The van der Waals surface area contributed by atoms with Crippen molar-refractivity contribution in [2.75, 3.05) is 0 Å². The number of alkyl halides is 3. The Morgan fingerprint density at radius 2 is 1.73 bits per heavy atom. The van der Waals surface area contributed by atoms with Gasteiger partial charge in [0, 0.05) is 15.9 Å². The lowest BCUT2D eigenvalue weighted by atomic mass is 9.98. The van der Waals surface area contributed by atoms with Crippen LogP contribution in [0.1, 0.15) is 32.1 Å². The molecule has 0 aromatic heterocycles. The molecule has 1 rings (SSSR count). The molecule has 1 nitrogen and oxygen atoms in total. The third-order valence-corrected chi connectivity index (χ3v) is 2.04. The van der Waals surface area contributed by atoms with E-state index in [9.17, 15) is 8.78 Å². The van der Waals surface area contributed by atoms with Gasteiger partial charge in [-0.3, -0.25) is 0 Å². The van der Waals surface area contributed by atoms with Crippen molar-refractivity contribution in [1.29, 1.82) is 0 Å². The molecule has 0 aliphatic heterocycles. The molecule has 0 amide bonds. The lowest BCUT2D eigenvalue weighted by Gasteiger charge is -2.23. The average molecular weight is 229 g/mol. The van der Waals surface area contributed by atoms with E-state index in [0.29, 0.717) is 0 Å². The van der Waals surface area contributed by atoms with Crippen molar-refractivity contribution in [3.8, 4) is 0 Å². The Balaban J connectivity index is 2.24. The quantitative estimate of drug-likeness (QED) is 0.660. The predicted octanol–water partition coefficient (Wildman–Crippen LogP) is 3.28. The summed E-state index contributed by atoms with van der Waals surface area (Å²) in [4.78, 5) is 0. The Hall–Kier alpha value is 0.300. The Kier molecular flexibility index (Phi) is 3.25. The first kappa shape index (κ1) is 9.39. The van der Waals surface area contributed by atoms with Crippen LogP contribution in [0, 0.1) is 0 Å². The van der Waals surface area contributed by atoms with Gasteiger partial charge in [-0.25, -0.2) is 0 Å². The third-order valence-electron chi connectivity index (χ3n) is 1.85. The lowest BCUT2D eigenvalue weighted by molar-refractivity contribution is -0.193. The Bertz CT molecular complexity index is 118. The Labute approximate surface area is 73.2 Å². The van der Waals surface area contributed by atoms with E-state index in [1.165, 1.54) is 0 Å². The molecule has 1 aliphatic carbocycles. The molecule has 0 spiro atoms. The second-order valence-corrected chi connectivity index (χ2v) is 3.75. The van der Waals surface area contributed by atoms with Gasteiger partial charge in [0.15, 0.2) is 0 Å². The smallest absolute Gasteiger partial charge is 0.308 e. The van der Waals surface area contributed by atoms with Crippen LogP contribution in [0.3, 0.4) is 0 Å². The summed E-state index contributed by atoms with van der Waals surface area (Å²) in [6.45, 7) is 0. The monoisotopic (exact) mass is 228 g/mol. The normalized spacial score (nSPS) is 22.1. The third kappa shape index (κ3) is 4.01. The molecule has 0 aromatic rings. The molecule has 4 heteroatoms. The van der Waals surface area contributed by atoms with Crippen LogP contribution in [0.4, 0.5) is 8.78 Å². The summed E-state index contributed by atoms with van der Waals surface area (Å²) < 4.78 is 28.9. The SMILES string of the molecule is FC(F)(Br)OC1CCCCC1. The van der Waals surface area contributed by atoms with Crippen LogP contribution in [-0.2, 0) is 4.74 Å². The van der Waals surface area contributed by atoms with Crippen LogP contribution in [0.2, 0.25) is 0 Å². The van der Waals surface area contributed by atoms with Crippen molar-refractivity contribution < 1.29 is 13.5 Å². The van der Waals surface area contributed by atoms with Crippen molar-refractivity contribution >= 4 is 15.9 Å². The summed E-state index contributed by atoms with van der Waals surface area (Å²) in [5.74, 6) is 0. The first-order chi connectivity index (χ1) is 5.08. The summed E-state index contributed by atoms with van der Waals surface area (Å²) in [5, 5.41) is -3.13. The fraction of sp³-hybridized carbons (Fsp3) is 1.00. The van der Waals surface area contributed by atoms with Crippen molar-refractivity contribution in [2.45, 2.75) is 43.2 Å². The topological polar surface area (TPSA) is 9.23 Å². The zero-order valence-electron chi connectivity index (χ0n) is 6.16. The predicted molar refractivity (Wildman–Crippen MR) is 41.8 cm³/mol. The zero-order chi connectivity index (χ0) is 8.32. The van der Waals surface area contributed by atoms with E-state index >= 15 is 0 Å². The van der Waals surface area contributed by atoms with Gasteiger partial charge < -0.3 is 4.74 Å². The van der Waals surface area contributed by atoms with E-state index in [-0.39, 0.29) is 6.10 Å². The highest BCUT2D eigenvalue weighted by molar-refractivity contribution is 9.09. The maximum atomic E-state index is 12.2. The van der Waals surface area contributed by atoms with E-state index in [4.69, 9.17) is 0 Å². The van der Waals surface area contributed by atoms with Gasteiger partial charge in [-0.2, -0.15) is 8.78 Å². The largest absolute Gasteiger partial charge is 0.414 e. The summed E-state index contributed by atoms with van der Waals surface area (Å²) in [6.07, 6.45) is 4.44. The minimum atomic E-state index is -3.13. The van der Waals surface area contributed by atoms with Gasteiger partial charge in [0.1, 0.15) is 0 Å². The highest BCUT2D eigenvalue weighted by Crippen LogP contribution is 2.30. The zero-order valence-corrected chi connectivity index (χ0v) is 7.74. The van der Waals surface area contributed by atoms with Crippen molar-refractivity contribution in [1.82, 2.24) is 0 Å². The molecule has 1 fully saturated rings. The molecule has 0 aromatic carbocycles. The van der Waals surface area contributed by atoms with Gasteiger partial charge >= 0.3 is 5.02 Å². The molecule has 0 heterocycles. The van der Waals surface area contributed by atoms with Crippen molar-refractivity contribution in [2.24, 2.45) is 0 Å². The van der Waals surface area contributed by atoms with Gasteiger partial charge in [-0.15, -0.1) is 0 Å². The van der Waals surface area contributed by atoms with Crippen LogP contribution in [-0.4, -0.2) is 11.1 Å². The van der Waals surface area contributed by atoms with Crippen LogP contribution in [0.25, 0.3) is 0 Å². The molecular weight excluding hydrogens is 218 g/mol. The second kappa shape index (κ2) is 3.81. The molecule has 0 saturated heterocycles. The summed E-state index contributed by atoms with van der Waals surface area (Å²) in [7, 11) is 0. The molecular formula is C7H11BrF2O. The van der Waals surface area contributed by atoms with Gasteiger partial charge in [-0.1, -0.05) is 19.3 Å². The summed E-state index contributed by atoms with van der Waals surface area (Å²) in [6, 6.07) is 0. The van der Waals surface area contributed by atoms with Crippen LogP contribution in [0.15, 0.2) is 0 Å². The number of halogens is 3. The molecule has 66 valence electrons. The molecule has 1 aliphatic rings. The Morgan fingerprint density at radius 3 is 2.18 bits per heavy atom. The number of hydrogen-bond acceptors (Lipinski definition) is 1. The van der Waals surface area contributed by atoms with Gasteiger partial charge in [-0.05, 0) is 12.8 Å². The number of rotatable bonds is 2. The van der Waals surface area contributed by atoms with Gasteiger partial charge in [0.25, 0.3) is 0 Å². The highest BCUT2D eigenvalue weighted by atomic mass is 79.9. The molecule has 1 saturated carbocycles. The minimum absolute atomic E-state index is 0.252. The average Bonchev–Trinajstić information content (AvgIpc) is 1.85. The van der Waals surface area contributed by atoms with E-state index < -0.39 is 5.02 Å². The molecule has 11 heavy (non-hydrogen) atoms. The number of hydrogen-bond donors (Lipinski definition) is 0. The van der Waals surface area contributed by atoms with E-state index in [0.717, 1.165) is 32.1 Å². The standard InChI is InChI=1S/C7H11BrF2O/c8-7(9,10)11-6-4-2-1-3-5-6/h6H,1-5H2. The van der Waals surface area contributed by atoms with Crippen molar-refractivity contribution in [3.05, 3.63) is 0 Å². The van der Waals surface area contributed by atoms with Gasteiger partial charge in [0.05, 0.1) is 6.10 Å². The molecule has 0 bridgehead atoms. The fourth-order valence-corrected chi connectivity index (χ4v) is 1.64. The fourth-order valence-electron chi connectivity index (χ4n) is 1.37. The second-order valence-electron chi connectivity index (χ2n) is 2.82. The molecule has 0 radical (unpaired) electrons. The Morgan fingerprint density at radius 1 is 1.18 bits per heavy atom. The van der Waals surface area contributed by atoms with E-state index in [1.807, 2.05) is 0 Å². The van der Waals surface area contributed by atoms with E-state index in [1.54, 1.807) is 0 Å². The first-order valence-electron chi connectivity index (χ1n) is 3.82. The summed E-state index contributed by atoms with van der Waals surface area (Å²) in [5.41, 5.74) is 0. The van der Waals surface area contributed by atoms with Crippen LogP contribution in [0.5, 0.6) is 0 Å².